The Labute approximate surface area is 121 Å². The average molecular weight is 281 g/mol. The van der Waals surface area contributed by atoms with Crippen molar-refractivity contribution in [1.29, 1.82) is 0 Å². The van der Waals surface area contributed by atoms with Crippen LogP contribution in [0, 0.1) is 5.92 Å². The molecule has 0 spiro atoms. The van der Waals surface area contributed by atoms with Gasteiger partial charge in [-0.1, -0.05) is 27.2 Å². The third kappa shape index (κ3) is 3.32. The predicted molar refractivity (Wildman–Crippen MR) is 78.2 cm³/mol. The minimum atomic E-state index is -0.300. The van der Waals surface area contributed by atoms with E-state index in [2.05, 4.69) is 24.1 Å². The lowest BCUT2D eigenvalue weighted by Gasteiger charge is -2.45. The van der Waals surface area contributed by atoms with Gasteiger partial charge in [0.05, 0.1) is 0 Å². The smallest absolute Gasteiger partial charge is 0.245 e. The predicted octanol–water partition coefficient (Wildman–Crippen LogP) is 0.844. The Morgan fingerprint density at radius 3 is 2.70 bits per heavy atom. The molecule has 0 saturated carbocycles. The second-order valence-corrected chi connectivity index (χ2v) is 6.38. The molecule has 2 fully saturated rings. The molecule has 0 bridgehead atoms. The maximum atomic E-state index is 12.4. The molecule has 0 aromatic carbocycles. The molecule has 2 rings (SSSR count). The fourth-order valence-electron chi connectivity index (χ4n) is 2.99. The highest BCUT2D eigenvalue weighted by atomic mass is 16.2. The number of hydrogen-bond acceptors (Lipinski definition) is 3. The zero-order chi connectivity index (χ0) is 14.7. The van der Waals surface area contributed by atoms with Gasteiger partial charge in [0.15, 0.2) is 0 Å². The van der Waals surface area contributed by atoms with Crippen molar-refractivity contribution in [2.24, 2.45) is 5.92 Å². The van der Waals surface area contributed by atoms with Crippen LogP contribution in [-0.2, 0) is 9.59 Å². The zero-order valence-electron chi connectivity index (χ0n) is 12.9. The molecule has 5 nitrogen and oxygen atoms in total. The molecule has 2 aliphatic rings. The number of fused-ring (bicyclic) bond motifs is 1. The minimum absolute atomic E-state index is 0.0253. The maximum Gasteiger partial charge on any atom is 0.245 e. The first-order valence-electron chi connectivity index (χ1n) is 7.86. The van der Waals surface area contributed by atoms with E-state index in [4.69, 9.17) is 0 Å². The van der Waals surface area contributed by atoms with Crippen molar-refractivity contribution in [3.63, 3.8) is 0 Å². The number of carbonyl (C=O) groups excluding carboxylic acids is 2. The van der Waals surface area contributed by atoms with Gasteiger partial charge in [-0.3, -0.25) is 14.5 Å². The lowest BCUT2D eigenvalue weighted by atomic mass is 10.0. The summed E-state index contributed by atoms with van der Waals surface area (Å²) in [4.78, 5) is 28.7. The van der Waals surface area contributed by atoms with Crippen molar-refractivity contribution < 1.29 is 9.59 Å². The third-order valence-electron chi connectivity index (χ3n) is 4.26. The summed E-state index contributed by atoms with van der Waals surface area (Å²) in [5.41, 5.74) is 0. The van der Waals surface area contributed by atoms with Gasteiger partial charge in [0, 0.05) is 19.6 Å². The molecular weight excluding hydrogens is 254 g/mol. The summed E-state index contributed by atoms with van der Waals surface area (Å²) in [6, 6.07) is -0.581. The van der Waals surface area contributed by atoms with Crippen LogP contribution >= 0.6 is 0 Å². The average Bonchev–Trinajstić information content (AvgIpc) is 2.42. The topological polar surface area (TPSA) is 52.7 Å². The molecule has 0 unspecified atom stereocenters. The van der Waals surface area contributed by atoms with E-state index in [1.54, 1.807) is 4.90 Å². The Kier molecular flexibility index (Phi) is 5.02. The fourth-order valence-corrected chi connectivity index (χ4v) is 2.99. The molecule has 114 valence electrons. The van der Waals surface area contributed by atoms with E-state index in [1.807, 2.05) is 6.92 Å². The first-order valence-corrected chi connectivity index (χ1v) is 7.86. The molecule has 0 radical (unpaired) electrons. The van der Waals surface area contributed by atoms with Crippen LogP contribution in [0.4, 0.5) is 0 Å². The molecule has 5 heteroatoms. The van der Waals surface area contributed by atoms with Gasteiger partial charge in [0.2, 0.25) is 11.8 Å². The van der Waals surface area contributed by atoms with E-state index in [0.717, 1.165) is 32.4 Å². The second kappa shape index (κ2) is 6.57. The summed E-state index contributed by atoms with van der Waals surface area (Å²) in [5, 5.41) is 2.89. The van der Waals surface area contributed by atoms with Crippen LogP contribution in [0.15, 0.2) is 0 Å². The number of rotatable bonds is 5. The highest BCUT2D eigenvalue weighted by Crippen LogP contribution is 2.18. The van der Waals surface area contributed by atoms with Crippen molar-refractivity contribution in [3.05, 3.63) is 0 Å². The van der Waals surface area contributed by atoms with Crippen molar-refractivity contribution in [2.75, 3.05) is 26.2 Å². The molecule has 0 aromatic heterocycles. The van der Waals surface area contributed by atoms with Gasteiger partial charge in [-0.25, -0.2) is 0 Å². The Hall–Kier alpha value is -1.10. The number of carbonyl (C=O) groups is 2. The highest BCUT2D eigenvalue weighted by Gasteiger charge is 2.42. The van der Waals surface area contributed by atoms with Gasteiger partial charge in [-0.2, -0.15) is 0 Å². The second-order valence-electron chi connectivity index (χ2n) is 6.38. The number of nitrogens with one attached hydrogen (secondary N) is 1. The van der Waals surface area contributed by atoms with E-state index >= 15 is 0 Å². The molecule has 2 atom stereocenters. The molecule has 1 N–H and O–H groups in total. The molecule has 0 aliphatic carbocycles. The van der Waals surface area contributed by atoms with Crippen molar-refractivity contribution in [2.45, 2.75) is 52.1 Å². The summed E-state index contributed by atoms with van der Waals surface area (Å²) in [6.45, 7) is 9.74. The van der Waals surface area contributed by atoms with Gasteiger partial charge in [-0.05, 0) is 25.3 Å². The third-order valence-corrected chi connectivity index (χ3v) is 4.26. The molecule has 2 saturated heterocycles. The van der Waals surface area contributed by atoms with Gasteiger partial charge >= 0.3 is 0 Å². The number of nitrogens with zero attached hydrogens (tertiary/aromatic N) is 2. The Balaban J connectivity index is 1.96. The van der Waals surface area contributed by atoms with Crippen LogP contribution in [-0.4, -0.2) is 59.9 Å². The van der Waals surface area contributed by atoms with Crippen LogP contribution in [0.2, 0.25) is 0 Å². The van der Waals surface area contributed by atoms with E-state index in [9.17, 15) is 9.59 Å². The van der Waals surface area contributed by atoms with Crippen molar-refractivity contribution in [3.8, 4) is 0 Å². The molecule has 0 aromatic rings. The van der Waals surface area contributed by atoms with Crippen LogP contribution < -0.4 is 5.32 Å². The summed E-state index contributed by atoms with van der Waals surface area (Å²) < 4.78 is 0. The lowest BCUT2D eigenvalue weighted by Crippen LogP contribution is -2.69. The Bertz CT molecular complexity index is 370. The van der Waals surface area contributed by atoms with Crippen molar-refractivity contribution in [1.82, 2.24) is 15.1 Å². The van der Waals surface area contributed by atoms with E-state index < -0.39 is 0 Å². The van der Waals surface area contributed by atoms with Crippen molar-refractivity contribution >= 4 is 11.8 Å². The van der Waals surface area contributed by atoms with Gasteiger partial charge < -0.3 is 10.2 Å². The van der Waals surface area contributed by atoms with Crippen LogP contribution in [0.25, 0.3) is 0 Å². The van der Waals surface area contributed by atoms with Gasteiger partial charge in [0.1, 0.15) is 12.1 Å². The number of hydrogen-bond donors (Lipinski definition) is 1. The summed E-state index contributed by atoms with van der Waals surface area (Å²) >= 11 is 0. The molecular formula is C15H27N3O2. The van der Waals surface area contributed by atoms with Gasteiger partial charge in [-0.15, -0.1) is 0 Å². The summed E-state index contributed by atoms with van der Waals surface area (Å²) in [6.07, 6.45) is 2.79. The standard InChI is InChI=1S/C15H27N3O2/c1-4-5-12-15(20)18-9-8-17(7-6-11(2)3)10-13(18)14(19)16-12/h11-13H,4-10H2,1-3H3,(H,16,19)/t12-,13+/m0/s1. The van der Waals surface area contributed by atoms with E-state index in [-0.39, 0.29) is 23.9 Å². The maximum absolute atomic E-state index is 12.4. The Morgan fingerprint density at radius 1 is 1.30 bits per heavy atom. The monoisotopic (exact) mass is 281 g/mol. The molecule has 20 heavy (non-hydrogen) atoms. The SMILES string of the molecule is CCC[C@@H]1NC(=O)[C@H]2CN(CCC(C)C)CCN2C1=O. The quantitative estimate of drug-likeness (QED) is 0.812. The zero-order valence-corrected chi connectivity index (χ0v) is 12.9. The first-order chi connectivity index (χ1) is 9.52. The van der Waals surface area contributed by atoms with Crippen LogP contribution in [0.3, 0.4) is 0 Å². The highest BCUT2D eigenvalue weighted by molar-refractivity contribution is 5.97. The molecule has 2 heterocycles. The normalized spacial score (nSPS) is 27.7. The number of amides is 2. The molecule has 2 amide bonds. The summed E-state index contributed by atoms with van der Waals surface area (Å²) in [7, 11) is 0. The van der Waals surface area contributed by atoms with E-state index in [1.165, 1.54) is 0 Å². The van der Waals surface area contributed by atoms with E-state index in [0.29, 0.717) is 19.0 Å². The Morgan fingerprint density at radius 2 is 2.05 bits per heavy atom. The van der Waals surface area contributed by atoms with Crippen LogP contribution in [0.1, 0.15) is 40.0 Å². The largest absolute Gasteiger partial charge is 0.342 e. The molecule has 2 aliphatic heterocycles. The summed E-state index contributed by atoms with van der Waals surface area (Å²) in [5.74, 6) is 0.807. The van der Waals surface area contributed by atoms with Gasteiger partial charge in [0.25, 0.3) is 0 Å². The van der Waals surface area contributed by atoms with Crippen LogP contribution in [0.5, 0.6) is 0 Å². The number of piperazine rings is 2. The minimum Gasteiger partial charge on any atom is -0.342 e. The first kappa shape index (κ1) is 15.3. The fraction of sp³-hybridized carbons (Fsp3) is 0.867. The lowest BCUT2D eigenvalue weighted by molar-refractivity contribution is -0.153.